The quantitative estimate of drug-likeness (QED) is 0.421. The van der Waals surface area contributed by atoms with Gasteiger partial charge in [-0.3, -0.25) is 4.79 Å². The second kappa shape index (κ2) is 12.9. The minimum absolute atomic E-state index is 0.404. The number of benzene rings is 1. The molecule has 1 aromatic carbocycles. The number of aliphatic carboxylic acids is 1. The van der Waals surface area contributed by atoms with Crippen LogP contribution in [-0.4, -0.2) is 22.2 Å². The van der Waals surface area contributed by atoms with E-state index in [2.05, 4.69) is 19.2 Å². The first-order valence-electron chi connectivity index (χ1n) is 9.81. The highest BCUT2D eigenvalue weighted by molar-refractivity contribution is 5.73. The maximum atomic E-state index is 11.4. The molecule has 2 unspecified atom stereocenters. The lowest BCUT2D eigenvalue weighted by molar-refractivity contribution is -0.139. The summed E-state index contributed by atoms with van der Waals surface area (Å²) < 4.78 is 0. The number of hydrogen-bond donors (Lipinski definition) is 3. The van der Waals surface area contributed by atoms with Crippen LogP contribution in [0.1, 0.15) is 88.9 Å². The summed E-state index contributed by atoms with van der Waals surface area (Å²) in [4.78, 5) is 11.4. The van der Waals surface area contributed by atoms with Crippen LogP contribution in [0.2, 0.25) is 0 Å². The van der Waals surface area contributed by atoms with Crippen LogP contribution in [0.3, 0.4) is 0 Å². The Hall–Kier alpha value is -1.39. The Kier molecular flexibility index (Phi) is 11.2. The Morgan fingerprint density at radius 1 is 0.960 bits per heavy atom. The van der Waals surface area contributed by atoms with E-state index in [0.29, 0.717) is 13.0 Å². The molecule has 0 heterocycles. The number of carboxylic acid groups (broad SMARTS) is 1. The van der Waals surface area contributed by atoms with Crippen molar-refractivity contribution in [2.45, 2.75) is 90.3 Å². The highest BCUT2D eigenvalue weighted by atomic mass is 16.4. The fraction of sp³-hybridized carbons (Fsp3) is 0.667. The fourth-order valence-electron chi connectivity index (χ4n) is 2.94. The Morgan fingerprint density at radius 2 is 1.56 bits per heavy atom. The smallest absolute Gasteiger partial charge is 0.320 e. The second-order valence-electron chi connectivity index (χ2n) is 6.87. The number of hydrogen-bond acceptors (Lipinski definition) is 3. The summed E-state index contributed by atoms with van der Waals surface area (Å²) in [6, 6.07) is 7.36. The zero-order chi connectivity index (χ0) is 18.5. The van der Waals surface area contributed by atoms with Crippen LogP contribution in [0, 0.1) is 0 Å². The number of aliphatic hydroxyl groups is 1. The van der Waals surface area contributed by atoms with Gasteiger partial charge in [0.25, 0.3) is 0 Å². The van der Waals surface area contributed by atoms with Gasteiger partial charge in [0.1, 0.15) is 6.04 Å². The van der Waals surface area contributed by atoms with Crippen molar-refractivity contribution in [2.24, 2.45) is 0 Å². The van der Waals surface area contributed by atoms with Gasteiger partial charge in [-0.15, -0.1) is 0 Å². The molecule has 25 heavy (non-hydrogen) atoms. The van der Waals surface area contributed by atoms with E-state index in [4.69, 9.17) is 0 Å². The van der Waals surface area contributed by atoms with Crippen molar-refractivity contribution in [1.29, 1.82) is 0 Å². The number of carbonyl (C=O) groups is 1. The average molecular weight is 350 g/mol. The normalized spacial score (nSPS) is 13.6. The zero-order valence-corrected chi connectivity index (χ0v) is 15.8. The summed E-state index contributed by atoms with van der Waals surface area (Å²) in [7, 11) is 0. The monoisotopic (exact) mass is 349 g/mol. The van der Waals surface area contributed by atoms with E-state index in [9.17, 15) is 15.0 Å². The molecule has 0 saturated carbocycles. The van der Waals surface area contributed by atoms with E-state index in [0.717, 1.165) is 62.5 Å². The van der Waals surface area contributed by atoms with Crippen molar-refractivity contribution in [3.8, 4) is 0 Å². The molecule has 0 bridgehead atoms. The Morgan fingerprint density at radius 3 is 2.16 bits per heavy atom. The summed E-state index contributed by atoms with van der Waals surface area (Å²) >= 11 is 0. The van der Waals surface area contributed by atoms with E-state index >= 15 is 0 Å². The van der Waals surface area contributed by atoms with Gasteiger partial charge in [-0.05, 0) is 24.0 Å². The third kappa shape index (κ3) is 9.03. The van der Waals surface area contributed by atoms with Crippen molar-refractivity contribution in [3.63, 3.8) is 0 Å². The summed E-state index contributed by atoms with van der Waals surface area (Å²) in [6.07, 6.45) is 8.75. The summed E-state index contributed by atoms with van der Waals surface area (Å²) in [5.41, 5.74) is 1.98. The number of nitrogens with one attached hydrogen (secondary N) is 1. The van der Waals surface area contributed by atoms with Crippen molar-refractivity contribution in [3.05, 3.63) is 35.4 Å². The molecule has 0 spiro atoms. The van der Waals surface area contributed by atoms with Gasteiger partial charge in [0, 0.05) is 6.54 Å². The third-order valence-electron chi connectivity index (χ3n) is 4.64. The topological polar surface area (TPSA) is 69.6 Å². The maximum Gasteiger partial charge on any atom is 0.320 e. The predicted molar refractivity (Wildman–Crippen MR) is 103 cm³/mol. The minimum Gasteiger partial charge on any atom is -0.480 e. The molecule has 3 N–H and O–H groups in total. The van der Waals surface area contributed by atoms with Gasteiger partial charge >= 0.3 is 5.97 Å². The minimum atomic E-state index is -0.778. The standard InChI is InChI=1S/C21H35NO3/c1-3-5-7-9-10-19(21(24)25)22-16-17-12-14-18(15-13-17)20(23)11-8-6-4-2/h12-15,19-20,22-23H,3-11,16H2,1-2H3,(H,24,25). The van der Waals surface area contributed by atoms with Crippen LogP contribution in [0.25, 0.3) is 0 Å². The molecule has 0 aromatic heterocycles. The lowest BCUT2D eigenvalue weighted by Gasteiger charge is -2.15. The summed E-state index contributed by atoms with van der Waals surface area (Å²) in [5, 5.41) is 22.6. The average Bonchev–Trinajstić information content (AvgIpc) is 2.61. The molecule has 0 saturated heterocycles. The van der Waals surface area contributed by atoms with Crippen LogP contribution in [0.4, 0.5) is 0 Å². The molecule has 4 nitrogen and oxygen atoms in total. The van der Waals surface area contributed by atoms with E-state index in [1.165, 1.54) is 0 Å². The van der Waals surface area contributed by atoms with Gasteiger partial charge in [0.05, 0.1) is 6.10 Å². The predicted octanol–water partition coefficient (Wildman–Crippen LogP) is 4.81. The van der Waals surface area contributed by atoms with Crippen LogP contribution >= 0.6 is 0 Å². The van der Waals surface area contributed by atoms with Crippen LogP contribution < -0.4 is 5.32 Å². The highest BCUT2D eigenvalue weighted by Crippen LogP contribution is 2.20. The Bertz CT molecular complexity index is 473. The van der Waals surface area contributed by atoms with Crippen molar-refractivity contribution in [2.75, 3.05) is 0 Å². The molecule has 142 valence electrons. The molecular weight excluding hydrogens is 314 g/mol. The molecule has 1 rings (SSSR count). The second-order valence-corrected chi connectivity index (χ2v) is 6.87. The molecule has 2 atom stereocenters. The first-order chi connectivity index (χ1) is 12.1. The van der Waals surface area contributed by atoms with Crippen LogP contribution in [-0.2, 0) is 11.3 Å². The third-order valence-corrected chi connectivity index (χ3v) is 4.64. The molecule has 1 aromatic rings. The molecule has 0 amide bonds. The molecule has 0 aliphatic rings. The van der Waals surface area contributed by atoms with E-state index in [1.54, 1.807) is 0 Å². The largest absolute Gasteiger partial charge is 0.480 e. The van der Waals surface area contributed by atoms with Gasteiger partial charge in [-0.25, -0.2) is 0 Å². The van der Waals surface area contributed by atoms with E-state index in [-0.39, 0.29) is 0 Å². The van der Waals surface area contributed by atoms with E-state index in [1.807, 2.05) is 24.3 Å². The molecular formula is C21H35NO3. The van der Waals surface area contributed by atoms with Crippen LogP contribution in [0.5, 0.6) is 0 Å². The highest BCUT2D eigenvalue weighted by Gasteiger charge is 2.16. The Balaban J connectivity index is 2.43. The molecule has 0 aliphatic heterocycles. The fourth-order valence-corrected chi connectivity index (χ4v) is 2.94. The lowest BCUT2D eigenvalue weighted by atomic mass is 10.0. The first kappa shape index (κ1) is 21.7. The lowest BCUT2D eigenvalue weighted by Crippen LogP contribution is -2.36. The summed E-state index contributed by atoms with van der Waals surface area (Å²) in [5.74, 6) is -0.778. The molecule has 4 heteroatoms. The SMILES string of the molecule is CCCCCCC(NCc1ccc(C(O)CCCCC)cc1)C(=O)O. The number of unbranched alkanes of at least 4 members (excludes halogenated alkanes) is 5. The van der Waals surface area contributed by atoms with Gasteiger partial charge in [-0.2, -0.15) is 0 Å². The van der Waals surface area contributed by atoms with Crippen LogP contribution in [0.15, 0.2) is 24.3 Å². The van der Waals surface area contributed by atoms with Crippen molar-refractivity contribution < 1.29 is 15.0 Å². The molecule has 0 fully saturated rings. The van der Waals surface area contributed by atoms with Crippen molar-refractivity contribution in [1.82, 2.24) is 5.32 Å². The number of aliphatic hydroxyl groups excluding tert-OH is 1. The number of rotatable bonds is 14. The molecule has 0 aliphatic carbocycles. The van der Waals surface area contributed by atoms with Crippen molar-refractivity contribution >= 4 is 5.97 Å². The number of carboxylic acids is 1. The van der Waals surface area contributed by atoms with E-state index < -0.39 is 18.1 Å². The maximum absolute atomic E-state index is 11.4. The van der Waals surface area contributed by atoms with Gasteiger partial charge in [0.2, 0.25) is 0 Å². The van der Waals surface area contributed by atoms with Gasteiger partial charge < -0.3 is 15.5 Å². The van der Waals surface area contributed by atoms with Gasteiger partial charge in [0.15, 0.2) is 0 Å². The first-order valence-corrected chi connectivity index (χ1v) is 9.81. The molecule has 0 radical (unpaired) electrons. The zero-order valence-electron chi connectivity index (χ0n) is 15.8. The Labute approximate surface area is 152 Å². The summed E-state index contributed by atoms with van der Waals surface area (Å²) in [6.45, 7) is 4.84. The van der Waals surface area contributed by atoms with Gasteiger partial charge in [-0.1, -0.05) is 83.1 Å².